The van der Waals surface area contributed by atoms with Gasteiger partial charge < -0.3 is 14.2 Å². The molecule has 0 saturated heterocycles. The lowest BCUT2D eigenvalue weighted by atomic mass is 10.0. The number of esters is 3. The first kappa shape index (κ1) is 79.8. The highest BCUT2D eigenvalue weighted by Crippen LogP contribution is 2.17. The fraction of sp³-hybridized carbons (Fsp3) is 0.805. The standard InChI is InChI=1S/C77H138O6/c1-4-7-10-13-16-19-22-25-28-31-34-36-38-40-43-46-49-52-55-58-61-64-67-70-76(79)82-73-74(72-81-75(78)69-66-63-60-57-54-51-48-45-42-33-30-27-24-21-18-15-12-9-6-3)83-77(80)71-68-65-62-59-56-53-50-47-44-41-39-37-35-32-29-26-23-20-17-14-11-8-5-2/h18,21-22,25,27,30-32,34-35,38,40,74H,4-17,19-20,23-24,26,28-29,33,36-37,39,41-73H2,1-3H3/b21-18-,25-22-,30-27-,34-31-,35-32-,40-38-. The monoisotopic (exact) mass is 1160 g/mol. The fourth-order valence-corrected chi connectivity index (χ4v) is 10.7. The molecule has 0 radical (unpaired) electrons. The van der Waals surface area contributed by atoms with E-state index in [9.17, 15) is 14.4 Å². The molecule has 0 rings (SSSR count). The molecule has 0 aliphatic rings. The van der Waals surface area contributed by atoms with Crippen molar-refractivity contribution in [2.45, 2.75) is 386 Å². The zero-order valence-electron chi connectivity index (χ0n) is 55.5. The van der Waals surface area contributed by atoms with Crippen LogP contribution in [0.3, 0.4) is 0 Å². The Morgan fingerprint density at radius 2 is 0.434 bits per heavy atom. The Labute approximate surface area is 516 Å². The van der Waals surface area contributed by atoms with E-state index in [1.165, 1.54) is 257 Å². The molecule has 0 aliphatic heterocycles. The minimum atomic E-state index is -0.783. The Bertz CT molecular complexity index is 1520. The molecular formula is C77H138O6. The maximum absolute atomic E-state index is 13.0. The van der Waals surface area contributed by atoms with Crippen LogP contribution in [0.4, 0.5) is 0 Å². The van der Waals surface area contributed by atoms with Crippen molar-refractivity contribution < 1.29 is 28.6 Å². The molecule has 482 valence electrons. The highest BCUT2D eigenvalue weighted by molar-refractivity contribution is 5.71. The van der Waals surface area contributed by atoms with Crippen LogP contribution < -0.4 is 0 Å². The number of ether oxygens (including phenoxy) is 3. The van der Waals surface area contributed by atoms with Crippen LogP contribution in [0, 0.1) is 0 Å². The quantitative estimate of drug-likeness (QED) is 0.0261. The third-order valence-corrected chi connectivity index (χ3v) is 16.2. The first-order chi connectivity index (χ1) is 41.0. The summed E-state index contributed by atoms with van der Waals surface area (Å²) in [5.74, 6) is -0.867. The predicted molar refractivity (Wildman–Crippen MR) is 362 cm³/mol. The molecule has 6 heteroatoms. The largest absolute Gasteiger partial charge is 0.462 e. The van der Waals surface area contributed by atoms with E-state index in [1.807, 2.05) is 0 Å². The molecule has 0 amide bonds. The van der Waals surface area contributed by atoms with Crippen molar-refractivity contribution in [3.05, 3.63) is 72.9 Å². The highest BCUT2D eigenvalue weighted by atomic mass is 16.6. The number of carbonyl (C=O) groups excluding carboxylic acids is 3. The summed E-state index contributed by atoms with van der Waals surface area (Å²) in [6, 6.07) is 0. The van der Waals surface area contributed by atoms with Crippen LogP contribution in [0.2, 0.25) is 0 Å². The summed E-state index contributed by atoms with van der Waals surface area (Å²) >= 11 is 0. The lowest BCUT2D eigenvalue weighted by Crippen LogP contribution is -2.30. The summed E-state index contributed by atoms with van der Waals surface area (Å²) in [7, 11) is 0. The van der Waals surface area contributed by atoms with Crippen LogP contribution in [0.15, 0.2) is 72.9 Å². The van der Waals surface area contributed by atoms with Gasteiger partial charge in [-0.1, -0.05) is 318 Å². The molecule has 0 aromatic rings. The van der Waals surface area contributed by atoms with Crippen molar-refractivity contribution in [2.75, 3.05) is 13.2 Å². The van der Waals surface area contributed by atoms with Crippen molar-refractivity contribution in [1.82, 2.24) is 0 Å². The second kappa shape index (κ2) is 71.3. The van der Waals surface area contributed by atoms with Crippen LogP contribution in [-0.2, 0) is 28.6 Å². The van der Waals surface area contributed by atoms with Crippen LogP contribution in [0.25, 0.3) is 0 Å². The van der Waals surface area contributed by atoms with Gasteiger partial charge in [-0.2, -0.15) is 0 Å². The molecule has 0 aromatic carbocycles. The van der Waals surface area contributed by atoms with Gasteiger partial charge in [-0.25, -0.2) is 0 Å². The Hall–Kier alpha value is -3.15. The van der Waals surface area contributed by atoms with Gasteiger partial charge in [0, 0.05) is 19.3 Å². The minimum Gasteiger partial charge on any atom is -0.462 e. The zero-order valence-corrected chi connectivity index (χ0v) is 55.5. The molecule has 0 N–H and O–H groups in total. The molecule has 0 spiro atoms. The summed E-state index contributed by atoms with van der Waals surface area (Å²) in [5, 5.41) is 0. The van der Waals surface area contributed by atoms with E-state index in [4.69, 9.17) is 14.2 Å². The van der Waals surface area contributed by atoms with Gasteiger partial charge in [0.25, 0.3) is 0 Å². The van der Waals surface area contributed by atoms with E-state index in [1.54, 1.807) is 0 Å². The first-order valence-electron chi connectivity index (χ1n) is 36.4. The Balaban J connectivity index is 4.37. The van der Waals surface area contributed by atoms with Crippen LogP contribution >= 0.6 is 0 Å². The van der Waals surface area contributed by atoms with Gasteiger partial charge in [0.2, 0.25) is 0 Å². The summed E-state index contributed by atoms with van der Waals surface area (Å²) in [6.07, 6.45) is 93.5. The third kappa shape index (κ3) is 69.5. The van der Waals surface area contributed by atoms with Gasteiger partial charge in [-0.3, -0.25) is 14.4 Å². The van der Waals surface area contributed by atoms with Crippen molar-refractivity contribution in [1.29, 1.82) is 0 Å². The number of hydrogen-bond acceptors (Lipinski definition) is 6. The average molecular weight is 1160 g/mol. The Morgan fingerprint density at radius 3 is 0.711 bits per heavy atom. The molecule has 1 atom stereocenters. The first-order valence-corrected chi connectivity index (χ1v) is 36.4. The Morgan fingerprint density at radius 1 is 0.241 bits per heavy atom. The van der Waals surface area contributed by atoms with Gasteiger partial charge >= 0.3 is 17.9 Å². The maximum atomic E-state index is 13.0. The summed E-state index contributed by atoms with van der Waals surface area (Å²) in [4.78, 5) is 38.5. The Kier molecular flexibility index (Phi) is 68.6. The number of unbranched alkanes of at least 4 members (excludes halogenated alkanes) is 44. The van der Waals surface area contributed by atoms with Crippen LogP contribution in [-0.4, -0.2) is 37.2 Å². The van der Waals surface area contributed by atoms with Gasteiger partial charge in [-0.15, -0.1) is 0 Å². The lowest BCUT2D eigenvalue weighted by molar-refractivity contribution is -0.167. The average Bonchev–Trinajstić information content (AvgIpc) is 3.49. The number of carbonyl (C=O) groups is 3. The SMILES string of the molecule is CCCCC/C=C\C/C=C\CCCCCCCCCCCC(=O)OCC(COC(=O)CCCCCCCCCC/C=C\C/C=C\C/C=C\CCCCCCC)OC(=O)CCCCCCCCCCCCC/C=C\CCCCCCCCCC. The minimum absolute atomic E-state index is 0.0780. The predicted octanol–water partition coefficient (Wildman–Crippen LogP) is 25.2. The zero-order chi connectivity index (χ0) is 59.9. The van der Waals surface area contributed by atoms with Gasteiger partial charge in [-0.05, 0) is 116 Å². The van der Waals surface area contributed by atoms with Crippen LogP contribution in [0.5, 0.6) is 0 Å². The smallest absolute Gasteiger partial charge is 0.306 e. The molecule has 0 saturated carbocycles. The maximum Gasteiger partial charge on any atom is 0.306 e. The van der Waals surface area contributed by atoms with E-state index < -0.39 is 6.10 Å². The highest BCUT2D eigenvalue weighted by Gasteiger charge is 2.19. The van der Waals surface area contributed by atoms with Crippen molar-refractivity contribution in [2.24, 2.45) is 0 Å². The van der Waals surface area contributed by atoms with Gasteiger partial charge in [0.15, 0.2) is 6.10 Å². The van der Waals surface area contributed by atoms with E-state index in [0.717, 1.165) is 83.5 Å². The van der Waals surface area contributed by atoms with Crippen molar-refractivity contribution >= 4 is 17.9 Å². The summed E-state index contributed by atoms with van der Waals surface area (Å²) < 4.78 is 17.0. The second-order valence-electron chi connectivity index (χ2n) is 24.5. The third-order valence-electron chi connectivity index (χ3n) is 16.2. The second-order valence-corrected chi connectivity index (χ2v) is 24.5. The fourth-order valence-electron chi connectivity index (χ4n) is 10.7. The molecule has 0 aromatic heterocycles. The summed E-state index contributed by atoms with van der Waals surface area (Å²) in [6.45, 7) is 6.65. The normalized spacial score (nSPS) is 12.5. The van der Waals surface area contributed by atoms with E-state index in [0.29, 0.717) is 19.3 Å². The van der Waals surface area contributed by atoms with Gasteiger partial charge in [0.1, 0.15) is 13.2 Å². The van der Waals surface area contributed by atoms with E-state index in [-0.39, 0.29) is 31.1 Å². The molecule has 6 nitrogen and oxygen atoms in total. The lowest BCUT2D eigenvalue weighted by Gasteiger charge is -2.18. The van der Waals surface area contributed by atoms with Crippen LogP contribution in [0.1, 0.15) is 380 Å². The summed E-state index contributed by atoms with van der Waals surface area (Å²) in [5.41, 5.74) is 0. The number of hydrogen-bond donors (Lipinski definition) is 0. The molecular weight excluding hydrogens is 1020 g/mol. The van der Waals surface area contributed by atoms with Crippen molar-refractivity contribution in [3.63, 3.8) is 0 Å². The van der Waals surface area contributed by atoms with Gasteiger partial charge in [0.05, 0.1) is 0 Å². The molecule has 1 unspecified atom stereocenters. The topological polar surface area (TPSA) is 78.9 Å². The van der Waals surface area contributed by atoms with Crippen molar-refractivity contribution in [3.8, 4) is 0 Å². The molecule has 0 heterocycles. The number of rotatable bonds is 67. The molecule has 0 fully saturated rings. The van der Waals surface area contributed by atoms with E-state index in [2.05, 4.69) is 93.7 Å². The molecule has 0 bridgehead atoms. The molecule has 83 heavy (non-hydrogen) atoms. The number of allylic oxidation sites excluding steroid dienone is 12. The molecule has 0 aliphatic carbocycles. The van der Waals surface area contributed by atoms with E-state index >= 15 is 0 Å².